The van der Waals surface area contributed by atoms with Gasteiger partial charge in [0.15, 0.2) is 11.6 Å². The van der Waals surface area contributed by atoms with Crippen LogP contribution in [0.5, 0.6) is 0 Å². The summed E-state index contributed by atoms with van der Waals surface area (Å²) in [6, 6.07) is 3.59. The number of rotatable bonds is 5. The van der Waals surface area contributed by atoms with E-state index >= 15 is 0 Å². The number of anilines is 1. The molecule has 0 aliphatic heterocycles. The van der Waals surface area contributed by atoms with Gasteiger partial charge < -0.3 is 9.80 Å². The van der Waals surface area contributed by atoms with Crippen LogP contribution in [0, 0.1) is 23.0 Å². The number of nitrogens with zero attached hydrogens (tertiary/aromatic N) is 3. The number of likely N-dealkylation sites (N-methyl/N-ethyl adjacent to an activating group) is 2. The molecule has 6 heteroatoms. The number of hydrogen-bond acceptors (Lipinski definition) is 3. The normalized spacial score (nSPS) is 10.0. The monoisotopic (exact) mass is 281 g/mol. The van der Waals surface area contributed by atoms with E-state index in [1.807, 2.05) is 13.8 Å². The van der Waals surface area contributed by atoms with Crippen LogP contribution in [0.4, 0.5) is 14.5 Å². The standard InChI is InChI=1S/C14H17F2N3O/c1-4-19(5-2)13(20)9-18(3)14-11(15)6-10(8-17)7-12(14)16/h6-7H,4-5,9H2,1-3H3. The first-order valence-corrected chi connectivity index (χ1v) is 6.32. The molecule has 0 bridgehead atoms. The Morgan fingerprint density at radius 2 is 1.75 bits per heavy atom. The zero-order chi connectivity index (χ0) is 15.3. The number of halogens is 2. The Kier molecular flexibility index (Phi) is 5.44. The van der Waals surface area contributed by atoms with Crippen LogP contribution in [0.3, 0.4) is 0 Å². The fourth-order valence-corrected chi connectivity index (χ4v) is 1.95. The zero-order valence-electron chi connectivity index (χ0n) is 11.8. The Balaban J connectivity index is 2.96. The lowest BCUT2D eigenvalue weighted by Crippen LogP contribution is -2.39. The summed E-state index contributed by atoms with van der Waals surface area (Å²) in [5, 5.41) is 8.64. The summed E-state index contributed by atoms with van der Waals surface area (Å²) in [4.78, 5) is 14.7. The van der Waals surface area contributed by atoms with E-state index in [-0.39, 0.29) is 23.7 Å². The first-order chi connectivity index (χ1) is 9.44. The predicted molar refractivity (Wildman–Crippen MR) is 72.3 cm³/mol. The van der Waals surface area contributed by atoms with E-state index in [9.17, 15) is 13.6 Å². The highest BCUT2D eigenvalue weighted by Gasteiger charge is 2.19. The number of amides is 1. The molecule has 1 rings (SSSR count). The second kappa shape index (κ2) is 6.85. The van der Waals surface area contributed by atoms with Gasteiger partial charge in [0, 0.05) is 20.1 Å². The molecule has 0 radical (unpaired) electrons. The Morgan fingerprint density at radius 3 is 2.15 bits per heavy atom. The van der Waals surface area contributed by atoms with Crippen molar-refractivity contribution in [2.75, 3.05) is 31.6 Å². The summed E-state index contributed by atoms with van der Waals surface area (Å²) in [5.74, 6) is -1.91. The molecule has 1 amide bonds. The fourth-order valence-electron chi connectivity index (χ4n) is 1.95. The number of nitriles is 1. The summed E-state index contributed by atoms with van der Waals surface area (Å²) in [6.07, 6.45) is 0. The van der Waals surface area contributed by atoms with Crippen LogP contribution < -0.4 is 4.90 Å². The average molecular weight is 281 g/mol. The Hall–Kier alpha value is -2.16. The maximum absolute atomic E-state index is 13.8. The van der Waals surface area contributed by atoms with Gasteiger partial charge in [0.2, 0.25) is 5.91 Å². The molecule has 0 aromatic heterocycles. The highest BCUT2D eigenvalue weighted by atomic mass is 19.1. The van der Waals surface area contributed by atoms with Gasteiger partial charge in [-0.1, -0.05) is 0 Å². The molecule has 0 aliphatic carbocycles. The van der Waals surface area contributed by atoms with Crippen molar-refractivity contribution in [3.63, 3.8) is 0 Å². The molecule has 20 heavy (non-hydrogen) atoms. The Morgan fingerprint density at radius 1 is 1.25 bits per heavy atom. The van der Waals surface area contributed by atoms with Crippen molar-refractivity contribution in [2.45, 2.75) is 13.8 Å². The minimum absolute atomic E-state index is 0.0905. The molecule has 0 saturated carbocycles. The Labute approximate surface area is 117 Å². The van der Waals surface area contributed by atoms with Crippen LogP contribution in [0.15, 0.2) is 12.1 Å². The largest absolute Gasteiger partial charge is 0.361 e. The van der Waals surface area contributed by atoms with E-state index in [0.29, 0.717) is 13.1 Å². The highest BCUT2D eigenvalue weighted by Crippen LogP contribution is 2.23. The van der Waals surface area contributed by atoms with Crippen molar-refractivity contribution in [3.05, 3.63) is 29.3 Å². The molecule has 108 valence electrons. The zero-order valence-corrected chi connectivity index (χ0v) is 11.8. The van der Waals surface area contributed by atoms with Crippen LogP contribution in [0.25, 0.3) is 0 Å². The quantitative estimate of drug-likeness (QED) is 0.830. The third-order valence-corrected chi connectivity index (χ3v) is 3.02. The van der Waals surface area contributed by atoms with Crippen molar-refractivity contribution in [1.29, 1.82) is 5.26 Å². The molecule has 1 aromatic rings. The summed E-state index contributed by atoms with van der Waals surface area (Å²) < 4.78 is 27.6. The molecule has 4 nitrogen and oxygen atoms in total. The van der Waals surface area contributed by atoms with E-state index in [0.717, 1.165) is 12.1 Å². The van der Waals surface area contributed by atoms with Crippen LogP contribution in [-0.2, 0) is 4.79 Å². The van der Waals surface area contributed by atoms with Gasteiger partial charge in [-0.3, -0.25) is 4.79 Å². The number of carbonyl (C=O) groups is 1. The van der Waals surface area contributed by atoms with E-state index in [1.54, 1.807) is 11.0 Å². The second-order valence-corrected chi connectivity index (χ2v) is 4.32. The lowest BCUT2D eigenvalue weighted by Gasteiger charge is -2.25. The third-order valence-electron chi connectivity index (χ3n) is 3.02. The van der Waals surface area contributed by atoms with Crippen LogP contribution in [0.1, 0.15) is 19.4 Å². The molecule has 0 spiro atoms. The van der Waals surface area contributed by atoms with Gasteiger partial charge in [0.1, 0.15) is 5.69 Å². The third kappa shape index (κ3) is 3.44. The van der Waals surface area contributed by atoms with Crippen LogP contribution in [-0.4, -0.2) is 37.5 Å². The lowest BCUT2D eigenvalue weighted by atomic mass is 10.2. The predicted octanol–water partition coefficient (Wildman–Crippen LogP) is 2.14. The maximum Gasteiger partial charge on any atom is 0.242 e. The molecule has 0 heterocycles. The second-order valence-electron chi connectivity index (χ2n) is 4.32. The van der Waals surface area contributed by atoms with Gasteiger partial charge >= 0.3 is 0 Å². The average Bonchev–Trinajstić information content (AvgIpc) is 2.38. The first-order valence-electron chi connectivity index (χ1n) is 6.32. The van der Waals surface area contributed by atoms with E-state index < -0.39 is 11.6 Å². The van der Waals surface area contributed by atoms with E-state index in [4.69, 9.17) is 5.26 Å². The minimum atomic E-state index is -0.851. The smallest absolute Gasteiger partial charge is 0.242 e. The molecular formula is C14H17F2N3O. The maximum atomic E-state index is 13.8. The molecule has 0 N–H and O–H groups in total. The molecule has 1 aromatic carbocycles. The first kappa shape index (κ1) is 15.9. The van der Waals surface area contributed by atoms with E-state index in [1.165, 1.54) is 11.9 Å². The molecule has 0 atom stereocenters. The summed E-state index contributed by atoms with van der Waals surface area (Å²) in [5.41, 5.74) is -0.392. The van der Waals surface area contributed by atoms with Gasteiger partial charge in [-0.25, -0.2) is 8.78 Å². The van der Waals surface area contributed by atoms with Gasteiger partial charge in [-0.15, -0.1) is 0 Å². The van der Waals surface area contributed by atoms with Gasteiger partial charge in [0.05, 0.1) is 18.2 Å². The number of benzene rings is 1. The SMILES string of the molecule is CCN(CC)C(=O)CN(C)c1c(F)cc(C#N)cc1F. The lowest BCUT2D eigenvalue weighted by molar-refractivity contribution is -0.129. The van der Waals surface area contributed by atoms with Crippen molar-refractivity contribution >= 4 is 11.6 Å². The van der Waals surface area contributed by atoms with Crippen molar-refractivity contribution in [1.82, 2.24) is 4.90 Å². The topological polar surface area (TPSA) is 47.3 Å². The molecule has 0 unspecified atom stereocenters. The Bertz CT molecular complexity index is 513. The van der Waals surface area contributed by atoms with Gasteiger partial charge in [-0.05, 0) is 26.0 Å². The fraction of sp³-hybridized carbons (Fsp3) is 0.429. The van der Waals surface area contributed by atoms with Crippen molar-refractivity contribution in [2.24, 2.45) is 0 Å². The summed E-state index contributed by atoms with van der Waals surface area (Å²) in [6.45, 7) is 4.64. The highest BCUT2D eigenvalue weighted by molar-refractivity contribution is 5.81. The van der Waals surface area contributed by atoms with Gasteiger partial charge in [0.25, 0.3) is 0 Å². The summed E-state index contributed by atoms with van der Waals surface area (Å²) in [7, 11) is 1.44. The van der Waals surface area contributed by atoms with Crippen LogP contribution >= 0.6 is 0 Å². The molecular weight excluding hydrogens is 264 g/mol. The van der Waals surface area contributed by atoms with Crippen LogP contribution in [0.2, 0.25) is 0 Å². The van der Waals surface area contributed by atoms with E-state index in [2.05, 4.69) is 0 Å². The van der Waals surface area contributed by atoms with Gasteiger partial charge in [-0.2, -0.15) is 5.26 Å². The number of carbonyl (C=O) groups excluding carboxylic acids is 1. The van der Waals surface area contributed by atoms with Crippen molar-refractivity contribution < 1.29 is 13.6 Å². The van der Waals surface area contributed by atoms with Crippen molar-refractivity contribution in [3.8, 4) is 6.07 Å². The summed E-state index contributed by atoms with van der Waals surface area (Å²) >= 11 is 0. The number of hydrogen-bond donors (Lipinski definition) is 0. The molecule has 0 saturated heterocycles. The molecule has 0 fully saturated rings. The minimum Gasteiger partial charge on any atom is -0.361 e. The molecule has 0 aliphatic rings.